The van der Waals surface area contributed by atoms with Crippen LogP contribution in [-0.2, 0) is 4.79 Å². The van der Waals surface area contributed by atoms with E-state index in [9.17, 15) is 4.79 Å². The Morgan fingerprint density at radius 3 is 3.00 bits per heavy atom. The lowest BCUT2D eigenvalue weighted by molar-refractivity contribution is -0.125. The van der Waals surface area contributed by atoms with Crippen molar-refractivity contribution in [2.45, 2.75) is 25.7 Å². The van der Waals surface area contributed by atoms with Crippen molar-refractivity contribution >= 4 is 33.8 Å². The molecular weight excluding hydrogens is 328 g/mol. The maximum atomic E-state index is 12.5. The zero-order chi connectivity index (χ0) is 17.5. The van der Waals surface area contributed by atoms with Crippen molar-refractivity contribution in [1.82, 2.24) is 15.3 Å². The average Bonchev–Trinajstić information content (AvgIpc) is 3.44. The minimum absolute atomic E-state index is 0.0110. The van der Waals surface area contributed by atoms with Crippen molar-refractivity contribution in [3.8, 4) is 0 Å². The second-order valence-electron chi connectivity index (χ2n) is 7.45. The van der Waals surface area contributed by atoms with Crippen LogP contribution in [-0.4, -0.2) is 35.5 Å². The lowest BCUT2D eigenvalue weighted by Crippen LogP contribution is -2.43. The van der Waals surface area contributed by atoms with Gasteiger partial charge in [0.15, 0.2) is 11.4 Å². The van der Waals surface area contributed by atoms with Crippen molar-refractivity contribution in [3.05, 3.63) is 30.6 Å². The van der Waals surface area contributed by atoms with Crippen LogP contribution in [0.5, 0.6) is 0 Å². The number of benzene rings is 1. The fourth-order valence-electron chi connectivity index (χ4n) is 3.83. The Labute approximate surface area is 151 Å². The van der Waals surface area contributed by atoms with E-state index < -0.39 is 0 Å². The number of carbonyl (C=O) groups is 1. The predicted molar refractivity (Wildman–Crippen MR) is 100.0 cm³/mol. The van der Waals surface area contributed by atoms with Crippen LogP contribution >= 0.6 is 0 Å². The molecule has 0 spiro atoms. The first-order valence-electron chi connectivity index (χ1n) is 9.44. The van der Waals surface area contributed by atoms with Gasteiger partial charge in [0.1, 0.15) is 17.4 Å². The van der Waals surface area contributed by atoms with Crippen LogP contribution in [0.4, 0.5) is 5.82 Å². The van der Waals surface area contributed by atoms with Crippen LogP contribution in [0.1, 0.15) is 25.7 Å². The van der Waals surface area contributed by atoms with E-state index >= 15 is 0 Å². The van der Waals surface area contributed by atoms with Gasteiger partial charge in [-0.1, -0.05) is 12.1 Å². The van der Waals surface area contributed by atoms with E-state index in [4.69, 9.17) is 4.42 Å². The van der Waals surface area contributed by atoms with Crippen LogP contribution in [0.2, 0.25) is 0 Å². The summed E-state index contributed by atoms with van der Waals surface area (Å²) in [5.74, 6) is 1.69. The molecule has 0 unspecified atom stereocenters. The number of nitrogens with one attached hydrogen (secondary N) is 1. The van der Waals surface area contributed by atoms with Crippen LogP contribution in [0.3, 0.4) is 0 Å². The highest BCUT2D eigenvalue weighted by atomic mass is 16.3. The van der Waals surface area contributed by atoms with Crippen molar-refractivity contribution in [3.63, 3.8) is 0 Å². The standard InChI is InChI=1S/C20H22N4O2/c25-20(21-10-13-7-8-13)14-4-3-9-24(11-14)19-18-17(22-12-23-19)15-5-1-2-6-16(15)26-18/h1-2,5-6,12-14H,3-4,7-11H2,(H,21,25)/t14-/m0/s1. The quantitative estimate of drug-likeness (QED) is 0.783. The molecule has 134 valence electrons. The summed E-state index contributed by atoms with van der Waals surface area (Å²) >= 11 is 0. The molecule has 1 aliphatic heterocycles. The largest absolute Gasteiger partial charge is 0.450 e. The molecule has 1 atom stereocenters. The Kier molecular flexibility index (Phi) is 3.76. The molecule has 0 radical (unpaired) electrons. The van der Waals surface area contributed by atoms with Crippen LogP contribution < -0.4 is 10.2 Å². The fraction of sp³-hybridized carbons (Fsp3) is 0.450. The number of anilines is 1. The van der Waals surface area contributed by atoms with Crippen molar-refractivity contribution in [2.75, 3.05) is 24.5 Å². The number of amides is 1. The third-order valence-electron chi connectivity index (χ3n) is 5.49. The Balaban J connectivity index is 1.42. The first-order chi connectivity index (χ1) is 12.8. The lowest BCUT2D eigenvalue weighted by Gasteiger charge is -2.32. The van der Waals surface area contributed by atoms with Gasteiger partial charge in [-0.3, -0.25) is 4.79 Å². The number of piperidine rings is 1. The maximum Gasteiger partial charge on any atom is 0.224 e. The summed E-state index contributed by atoms with van der Waals surface area (Å²) < 4.78 is 6.05. The third-order valence-corrected chi connectivity index (χ3v) is 5.49. The highest BCUT2D eigenvalue weighted by Crippen LogP contribution is 2.34. The second-order valence-corrected chi connectivity index (χ2v) is 7.45. The molecule has 1 N–H and O–H groups in total. The highest BCUT2D eigenvalue weighted by Gasteiger charge is 2.30. The molecule has 1 amide bonds. The Bertz CT molecular complexity index is 963. The van der Waals surface area contributed by atoms with Gasteiger partial charge in [0.05, 0.1) is 5.92 Å². The van der Waals surface area contributed by atoms with Gasteiger partial charge in [-0.15, -0.1) is 0 Å². The number of rotatable bonds is 4. The molecule has 1 aliphatic carbocycles. The van der Waals surface area contributed by atoms with Gasteiger partial charge in [-0.25, -0.2) is 9.97 Å². The molecule has 2 aromatic heterocycles. The van der Waals surface area contributed by atoms with Gasteiger partial charge in [-0.05, 0) is 43.7 Å². The number of para-hydroxylation sites is 1. The number of hydrogen-bond acceptors (Lipinski definition) is 5. The molecule has 2 fully saturated rings. The zero-order valence-electron chi connectivity index (χ0n) is 14.6. The van der Waals surface area contributed by atoms with Gasteiger partial charge in [0.25, 0.3) is 0 Å². The predicted octanol–water partition coefficient (Wildman–Crippen LogP) is 3.12. The summed E-state index contributed by atoms with van der Waals surface area (Å²) in [7, 11) is 0. The molecular formula is C20H22N4O2. The molecule has 2 aliphatic rings. The Hall–Kier alpha value is -2.63. The molecule has 5 rings (SSSR count). The van der Waals surface area contributed by atoms with Crippen LogP contribution in [0, 0.1) is 11.8 Å². The first kappa shape index (κ1) is 15.6. The third kappa shape index (κ3) is 2.79. The molecule has 6 nitrogen and oxygen atoms in total. The minimum Gasteiger partial charge on any atom is -0.450 e. The van der Waals surface area contributed by atoms with Gasteiger partial charge in [0, 0.05) is 25.0 Å². The normalized spacial score (nSPS) is 20.6. The van der Waals surface area contributed by atoms with E-state index in [1.807, 2.05) is 24.3 Å². The van der Waals surface area contributed by atoms with E-state index in [2.05, 4.69) is 20.2 Å². The number of nitrogens with zero attached hydrogens (tertiary/aromatic N) is 3. The van der Waals surface area contributed by atoms with Crippen molar-refractivity contribution < 1.29 is 9.21 Å². The SMILES string of the molecule is O=C(NCC1CC1)[C@H]1CCCN(c2ncnc3c2oc2ccccc23)C1. The van der Waals surface area contributed by atoms with Gasteiger partial charge in [-0.2, -0.15) is 0 Å². The van der Waals surface area contributed by atoms with Gasteiger partial charge in [0.2, 0.25) is 5.91 Å². The maximum absolute atomic E-state index is 12.5. The van der Waals surface area contributed by atoms with E-state index in [0.717, 1.165) is 48.2 Å². The fourth-order valence-corrected chi connectivity index (χ4v) is 3.83. The van der Waals surface area contributed by atoms with Crippen LogP contribution in [0.25, 0.3) is 22.1 Å². The summed E-state index contributed by atoms with van der Waals surface area (Å²) in [5.41, 5.74) is 2.37. The smallest absolute Gasteiger partial charge is 0.224 e. The molecule has 0 bridgehead atoms. The Morgan fingerprint density at radius 2 is 2.12 bits per heavy atom. The topological polar surface area (TPSA) is 71.3 Å². The second kappa shape index (κ2) is 6.27. The molecule has 6 heteroatoms. The number of aromatic nitrogens is 2. The molecule has 1 aromatic carbocycles. The molecule has 26 heavy (non-hydrogen) atoms. The zero-order valence-corrected chi connectivity index (χ0v) is 14.6. The monoisotopic (exact) mass is 350 g/mol. The molecule has 3 heterocycles. The molecule has 1 saturated heterocycles. The Morgan fingerprint density at radius 1 is 1.23 bits per heavy atom. The first-order valence-corrected chi connectivity index (χ1v) is 9.44. The van der Waals surface area contributed by atoms with Crippen LogP contribution in [0.15, 0.2) is 35.0 Å². The number of fused-ring (bicyclic) bond motifs is 3. The van der Waals surface area contributed by atoms with E-state index in [1.54, 1.807) is 6.33 Å². The van der Waals surface area contributed by atoms with Crippen molar-refractivity contribution in [1.29, 1.82) is 0 Å². The lowest BCUT2D eigenvalue weighted by atomic mass is 9.97. The van der Waals surface area contributed by atoms with E-state index in [1.165, 1.54) is 12.8 Å². The van der Waals surface area contributed by atoms with E-state index in [-0.39, 0.29) is 11.8 Å². The summed E-state index contributed by atoms with van der Waals surface area (Å²) in [6.07, 6.45) is 6.01. The summed E-state index contributed by atoms with van der Waals surface area (Å²) in [6.45, 7) is 2.39. The minimum atomic E-state index is 0.0110. The summed E-state index contributed by atoms with van der Waals surface area (Å²) in [4.78, 5) is 23.6. The van der Waals surface area contributed by atoms with Gasteiger partial charge < -0.3 is 14.6 Å². The summed E-state index contributed by atoms with van der Waals surface area (Å²) in [6, 6.07) is 7.91. The number of furan rings is 1. The van der Waals surface area contributed by atoms with E-state index in [0.29, 0.717) is 18.0 Å². The number of hydrogen-bond donors (Lipinski definition) is 1. The molecule has 1 saturated carbocycles. The van der Waals surface area contributed by atoms with Gasteiger partial charge >= 0.3 is 0 Å². The highest BCUT2D eigenvalue weighted by molar-refractivity contribution is 6.05. The van der Waals surface area contributed by atoms with Crippen molar-refractivity contribution in [2.24, 2.45) is 11.8 Å². The average molecular weight is 350 g/mol. The number of carbonyl (C=O) groups excluding carboxylic acids is 1. The molecule has 3 aromatic rings. The summed E-state index contributed by atoms with van der Waals surface area (Å²) in [5, 5.41) is 4.12.